The Morgan fingerprint density at radius 1 is 1.37 bits per heavy atom. The zero-order chi connectivity index (χ0) is 13.4. The van der Waals surface area contributed by atoms with Crippen LogP contribution >= 0.6 is 15.9 Å². The van der Waals surface area contributed by atoms with Crippen LogP contribution < -0.4 is 11.1 Å². The van der Waals surface area contributed by atoms with Crippen molar-refractivity contribution in [1.82, 2.24) is 5.32 Å². The molecular formula is C15H19BrN2O. The van der Waals surface area contributed by atoms with E-state index in [2.05, 4.69) is 21.2 Å². The first kappa shape index (κ1) is 13.0. The topological polar surface area (TPSA) is 55.1 Å². The highest BCUT2D eigenvalue weighted by atomic mass is 79.9. The second-order valence-electron chi connectivity index (χ2n) is 5.88. The molecule has 3 N–H and O–H groups in total. The SMILES string of the molecule is Nc1ccc(Br)c(C(=O)NCC2CC3CCC2C3)c1. The number of hydrogen-bond acceptors (Lipinski definition) is 2. The van der Waals surface area contributed by atoms with Gasteiger partial charge in [0.2, 0.25) is 0 Å². The lowest BCUT2D eigenvalue weighted by Crippen LogP contribution is -2.31. The summed E-state index contributed by atoms with van der Waals surface area (Å²) in [4.78, 5) is 12.2. The van der Waals surface area contributed by atoms with Gasteiger partial charge in [0.15, 0.2) is 0 Å². The van der Waals surface area contributed by atoms with Crippen LogP contribution in [-0.4, -0.2) is 12.5 Å². The molecule has 0 spiro atoms. The molecule has 3 rings (SSSR count). The minimum absolute atomic E-state index is 0.0260. The maximum absolute atomic E-state index is 12.2. The smallest absolute Gasteiger partial charge is 0.252 e. The molecule has 3 nitrogen and oxygen atoms in total. The molecule has 0 heterocycles. The zero-order valence-electron chi connectivity index (χ0n) is 10.9. The molecule has 0 aliphatic heterocycles. The lowest BCUT2D eigenvalue weighted by atomic mass is 9.89. The van der Waals surface area contributed by atoms with E-state index in [1.807, 2.05) is 6.07 Å². The van der Waals surface area contributed by atoms with Gasteiger partial charge in [-0.15, -0.1) is 0 Å². The molecule has 3 unspecified atom stereocenters. The van der Waals surface area contributed by atoms with Gasteiger partial charge >= 0.3 is 0 Å². The Bertz CT molecular complexity index is 503. The molecule has 0 aromatic heterocycles. The maximum Gasteiger partial charge on any atom is 0.252 e. The number of carbonyl (C=O) groups excluding carboxylic acids is 1. The Labute approximate surface area is 122 Å². The molecule has 0 saturated heterocycles. The van der Waals surface area contributed by atoms with Crippen LogP contribution in [0.4, 0.5) is 5.69 Å². The Morgan fingerprint density at radius 3 is 2.89 bits per heavy atom. The highest BCUT2D eigenvalue weighted by Gasteiger charge is 2.39. The predicted octanol–water partition coefficient (Wildman–Crippen LogP) is 3.20. The van der Waals surface area contributed by atoms with Gasteiger partial charge in [-0.2, -0.15) is 0 Å². The van der Waals surface area contributed by atoms with Gasteiger partial charge < -0.3 is 11.1 Å². The fraction of sp³-hybridized carbons (Fsp3) is 0.533. The highest BCUT2D eigenvalue weighted by molar-refractivity contribution is 9.10. The number of benzene rings is 1. The number of amides is 1. The molecule has 4 heteroatoms. The average molecular weight is 323 g/mol. The number of hydrogen-bond donors (Lipinski definition) is 2. The van der Waals surface area contributed by atoms with Crippen LogP contribution in [0.25, 0.3) is 0 Å². The van der Waals surface area contributed by atoms with E-state index < -0.39 is 0 Å². The minimum Gasteiger partial charge on any atom is -0.399 e. The second-order valence-corrected chi connectivity index (χ2v) is 6.74. The van der Waals surface area contributed by atoms with E-state index in [-0.39, 0.29) is 5.91 Å². The van der Waals surface area contributed by atoms with Crippen LogP contribution in [0, 0.1) is 17.8 Å². The summed E-state index contributed by atoms with van der Waals surface area (Å²) in [6.45, 7) is 0.807. The number of anilines is 1. The summed E-state index contributed by atoms with van der Waals surface area (Å²) in [6.07, 6.45) is 5.43. The van der Waals surface area contributed by atoms with E-state index in [0.717, 1.165) is 22.9 Å². The third kappa shape index (κ3) is 2.64. The zero-order valence-corrected chi connectivity index (χ0v) is 12.4. The maximum atomic E-state index is 12.2. The Balaban J connectivity index is 1.61. The Morgan fingerprint density at radius 2 is 2.21 bits per heavy atom. The number of nitrogens with one attached hydrogen (secondary N) is 1. The predicted molar refractivity (Wildman–Crippen MR) is 79.8 cm³/mol. The van der Waals surface area contributed by atoms with Gasteiger partial charge in [-0.1, -0.05) is 6.42 Å². The molecule has 2 aliphatic rings. The van der Waals surface area contributed by atoms with Crippen molar-refractivity contribution in [3.8, 4) is 0 Å². The summed E-state index contributed by atoms with van der Waals surface area (Å²) in [7, 11) is 0. The summed E-state index contributed by atoms with van der Waals surface area (Å²) in [5.74, 6) is 2.42. The summed E-state index contributed by atoms with van der Waals surface area (Å²) in [5, 5.41) is 3.07. The van der Waals surface area contributed by atoms with E-state index in [4.69, 9.17) is 5.73 Å². The first-order valence-electron chi connectivity index (χ1n) is 6.96. The molecule has 1 aromatic carbocycles. The van der Waals surface area contributed by atoms with Crippen molar-refractivity contribution in [3.05, 3.63) is 28.2 Å². The minimum atomic E-state index is -0.0260. The fourth-order valence-corrected chi connectivity index (χ4v) is 4.09. The summed E-state index contributed by atoms with van der Waals surface area (Å²) < 4.78 is 0.798. The molecule has 2 aliphatic carbocycles. The fourth-order valence-electron chi connectivity index (χ4n) is 3.66. The molecule has 2 saturated carbocycles. The van der Waals surface area contributed by atoms with Gasteiger partial charge in [0.1, 0.15) is 0 Å². The summed E-state index contributed by atoms with van der Waals surface area (Å²) in [6, 6.07) is 5.33. The van der Waals surface area contributed by atoms with Crippen molar-refractivity contribution in [2.75, 3.05) is 12.3 Å². The molecule has 2 bridgehead atoms. The van der Waals surface area contributed by atoms with Crippen LogP contribution in [0.3, 0.4) is 0 Å². The largest absolute Gasteiger partial charge is 0.399 e. The molecular weight excluding hydrogens is 304 g/mol. The van der Waals surface area contributed by atoms with Crippen LogP contribution in [0.1, 0.15) is 36.0 Å². The molecule has 2 fully saturated rings. The first-order valence-corrected chi connectivity index (χ1v) is 7.76. The molecule has 0 radical (unpaired) electrons. The van der Waals surface area contributed by atoms with Crippen molar-refractivity contribution in [1.29, 1.82) is 0 Å². The number of halogens is 1. The number of nitrogen functional groups attached to an aromatic ring is 1. The number of nitrogens with two attached hydrogens (primary N) is 1. The van der Waals surface area contributed by atoms with Crippen LogP contribution in [0.5, 0.6) is 0 Å². The van der Waals surface area contributed by atoms with E-state index in [9.17, 15) is 4.79 Å². The monoisotopic (exact) mass is 322 g/mol. The lowest BCUT2D eigenvalue weighted by Gasteiger charge is -2.22. The summed E-state index contributed by atoms with van der Waals surface area (Å²) >= 11 is 3.40. The third-order valence-corrected chi connectivity index (χ3v) is 5.34. The highest BCUT2D eigenvalue weighted by Crippen LogP contribution is 2.47. The van der Waals surface area contributed by atoms with Gasteiger partial charge in [-0.05, 0) is 71.1 Å². The van der Waals surface area contributed by atoms with Crippen LogP contribution in [-0.2, 0) is 0 Å². The molecule has 19 heavy (non-hydrogen) atoms. The van der Waals surface area contributed by atoms with Crippen LogP contribution in [0.15, 0.2) is 22.7 Å². The third-order valence-electron chi connectivity index (χ3n) is 4.64. The quantitative estimate of drug-likeness (QED) is 0.839. The van der Waals surface area contributed by atoms with E-state index >= 15 is 0 Å². The lowest BCUT2D eigenvalue weighted by molar-refractivity contribution is 0.0941. The van der Waals surface area contributed by atoms with Crippen molar-refractivity contribution in [2.24, 2.45) is 17.8 Å². The van der Waals surface area contributed by atoms with Gasteiger partial charge in [0.05, 0.1) is 5.56 Å². The normalized spacial score (nSPS) is 28.6. The van der Waals surface area contributed by atoms with E-state index in [1.165, 1.54) is 25.7 Å². The van der Waals surface area contributed by atoms with Crippen LogP contribution in [0.2, 0.25) is 0 Å². The summed E-state index contributed by atoms with van der Waals surface area (Å²) in [5.41, 5.74) is 6.98. The second kappa shape index (κ2) is 5.16. The van der Waals surface area contributed by atoms with Crippen molar-refractivity contribution < 1.29 is 4.79 Å². The molecule has 102 valence electrons. The Hall–Kier alpha value is -1.03. The van der Waals surface area contributed by atoms with E-state index in [0.29, 0.717) is 17.2 Å². The van der Waals surface area contributed by atoms with Gasteiger partial charge in [-0.25, -0.2) is 0 Å². The van der Waals surface area contributed by atoms with Crippen molar-refractivity contribution in [2.45, 2.75) is 25.7 Å². The Kier molecular flexibility index (Phi) is 3.52. The first-order chi connectivity index (χ1) is 9.13. The number of fused-ring (bicyclic) bond motifs is 2. The van der Waals surface area contributed by atoms with Gasteiger partial charge in [-0.3, -0.25) is 4.79 Å². The van der Waals surface area contributed by atoms with Gasteiger partial charge in [0, 0.05) is 16.7 Å². The van der Waals surface area contributed by atoms with Crippen molar-refractivity contribution in [3.63, 3.8) is 0 Å². The number of carbonyl (C=O) groups is 1. The standard InChI is InChI=1S/C15H19BrN2O/c16-14-4-3-12(17)7-13(14)15(19)18-8-11-6-9-1-2-10(11)5-9/h3-4,7,9-11H,1-2,5-6,8,17H2,(H,18,19). The van der Waals surface area contributed by atoms with E-state index in [1.54, 1.807) is 12.1 Å². The van der Waals surface area contributed by atoms with Crippen molar-refractivity contribution >= 4 is 27.5 Å². The molecule has 1 amide bonds. The molecule has 3 atom stereocenters. The number of rotatable bonds is 3. The molecule has 1 aromatic rings. The van der Waals surface area contributed by atoms with Gasteiger partial charge in [0.25, 0.3) is 5.91 Å². The average Bonchev–Trinajstić information content (AvgIpc) is 3.01.